The third-order valence-corrected chi connectivity index (χ3v) is 3.98. The second-order valence-corrected chi connectivity index (χ2v) is 6.13. The van der Waals surface area contributed by atoms with E-state index in [1.807, 2.05) is 6.26 Å². The molecule has 0 saturated carbocycles. The molecule has 1 fully saturated rings. The van der Waals surface area contributed by atoms with E-state index >= 15 is 0 Å². The van der Waals surface area contributed by atoms with Crippen molar-refractivity contribution in [1.82, 2.24) is 10.6 Å². The first-order valence-electron chi connectivity index (χ1n) is 6.05. The molecule has 0 aromatic carbocycles. The lowest BCUT2D eigenvalue weighted by Gasteiger charge is -2.39. The number of halogens is 1. The summed E-state index contributed by atoms with van der Waals surface area (Å²) in [6, 6.07) is 0.416. The van der Waals surface area contributed by atoms with Gasteiger partial charge in [0.15, 0.2) is 0 Å². The Hall–Kier alpha value is 0.0700. The van der Waals surface area contributed by atoms with Gasteiger partial charge in [-0.25, -0.2) is 0 Å². The maximum atomic E-state index is 11.5. The number of rotatable bonds is 5. The predicted octanol–water partition coefficient (Wildman–Crippen LogP) is 2.06. The Morgan fingerprint density at radius 3 is 2.82 bits per heavy atom. The highest BCUT2D eigenvalue weighted by atomic mass is 35.5. The lowest BCUT2D eigenvalue weighted by atomic mass is 9.77. The van der Waals surface area contributed by atoms with Crippen LogP contribution in [-0.4, -0.2) is 37.0 Å². The summed E-state index contributed by atoms with van der Waals surface area (Å²) in [5.74, 6) is 1.09. The Balaban J connectivity index is 0.00000256. The second-order valence-electron chi connectivity index (χ2n) is 5.15. The van der Waals surface area contributed by atoms with Crippen LogP contribution in [0.4, 0.5) is 0 Å². The van der Waals surface area contributed by atoms with Gasteiger partial charge in [0.25, 0.3) is 0 Å². The molecule has 0 spiro atoms. The number of nitrogens with one attached hydrogen (secondary N) is 2. The summed E-state index contributed by atoms with van der Waals surface area (Å²) in [6.45, 7) is 6.39. The minimum atomic E-state index is 0. The Kier molecular flexibility index (Phi) is 8.25. The first kappa shape index (κ1) is 17.1. The summed E-state index contributed by atoms with van der Waals surface area (Å²) >= 11 is 1.71. The van der Waals surface area contributed by atoms with E-state index in [9.17, 15) is 4.79 Å². The van der Waals surface area contributed by atoms with Crippen molar-refractivity contribution in [2.24, 2.45) is 5.41 Å². The van der Waals surface area contributed by atoms with Crippen LogP contribution in [0.3, 0.4) is 0 Å². The lowest BCUT2D eigenvalue weighted by molar-refractivity contribution is -0.120. The molecule has 1 saturated heterocycles. The molecule has 2 N–H and O–H groups in total. The Bertz CT molecular complexity index is 237. The molecule has 102 valence electrons. The van der Waals surface area contributed by atoms with Crippen LogP contribution in [0.1, 0.15) is 33.1 Å². The maximum Gasteiger partial charge on any atom is 0.220 e. The molecule has 1 rings (SSSR count). The van der Waals surface area contributed by atoms with Gasteiger partial charge in [0.05, 0.1) is 0 Å². The monoisotopic (exact) mass is 280 g/mol. The van der Waals surface area contributed by atoms with Crippen molar-refractivity contribution in [3.63, 3.8) is 0 Å². The van der Waals surface area contributed by atoms with Crippen molar-refractivity contribution < 1.29 is 4.79 Å². The minimum Gasteiger partial charge on any atom is -0.354 e. The highest BCUT2D eigenvalue weighted by Gasteiger charge is 2.31. The van der Waals surface area contributed by atoms with E-state index in [0.29, 0.717) is 17.9 Å². The SMILES string of the molecule is CSCCC(=O)NCC1NCCCC1(C)C.Cl. The van der Waals surface area contributed by atoms with Gasteiger partial charge in [-0.3, -0.25) is 4.79 Å². The van der Waals surface area contributed by atoms with Gasteiger partial charge in [0, 0.05) is 24.8 Å². The number of hydrogen-bond donors (Lipinski definition) is 2. The van der Waals surface area contributed by atoms with Crippen LogP contribution in [0.25, 0.3) is 0 Å². The number of carbonyl (C=O) groups is 1. The summed E-state index contributed by atoms with van der Waals surface area (Å²) in [5, 5.41) is 6.53. The van der Waals surface area contributed by atoms with E-state index in [1.165, 1.54) is 12.8 Å². The zero-order chi connectivity index (χ0) is 12.0. The summed E-state index contributed by atoms with van der Waals surface area (Å²) in [6.07, 6.45) is 5.14. The molecule has 1 aliphatic rings. The van der Waals surface area contributed by atoms with Gasteiger partial charge in [-0.2, -0.15) is 11.8 Å². The summed E-state index contributed by atoms with van der Waals surface area (Å²) in [5.41, 5.74) is 0.297. The van der Waals surface area contributed by atoms with E-state index in [-0.39, 0.29) is 18.3 Å². The van der Waals surface area contributed by atoms with Crippen LogP contribution in [0.15, 0.2) is 0 Å². The lowest BCUT2D eigenvalue weighted by Crippen LogP contribution is -2.52. The molecular weight excluding hydrogens is 256 g/mol. The number of thioether (sulfide) groups is 1. The van der Waals surface area contributed by atoms with E-state index in [4.69, 9.17) is 0 Å². The van der Waals surface area contributed by atoms with Crippen molar-refractivity contribution in [2.75, 3.05) is 25.1 Å². The van der Waals surface area contributed by atoms with Crippen molar-refractivity contribution in [3.05, 3.63) is 0 Å². The van der Waals surface area contributed by atoms with Crippen LogP contribution in [-0.2, 0) is 4.79 Å². The smallest absolute Gasteiger partial charge is 0.220 e. The molecule has 1 unspecified atom stereocenters. The van der Waals surface area contributed by atoms with Crippen molar-refractivity contribution in [3.8, 4) is 0 Å². The summed E-state index contributed by atoms with van der Waals surface area (Å²) in [7, 11) is 0. The van der Waals surface area contributed by atoms with Gasteiger partial charge < -0.3 is 10.6 Å². The first-order valence-corrected chi connectivity index (χ1v) is 7.44. The number of amides is 1. The second kappa shape index (κ2) is 8.22. The molecule has 5 heteroatoms. The highest BCUT2D eigenvalue weighted by Crippen LogP contribution is 2.29. The molecule has 1 amide bonds. The molecule has 17 heavy (non-hydrogen) atoms. The van der Waals surface area contributed by atoms with Gasteiger partial charge >= 0.3 is 0 Å². The Morgan fingerprint density at radius 1 is 1.53 bits per heavy atom. The predicted molar refractivity (Wildman–Crippen MR) is 78.1 cm³/mol. The van der Waals surface area contributed by atoms with E-state index in [2.05, 4.69) is 24.5 Å². The molecule has 0 aromatic rings. The fourth-order valence-corrected chi connectivity index (χ4v) is 2.51. The average molecular weight is 281 g/mol. The largest absolute Gasteiger partial charge is 0.354 e. The van der Waals surface area contributed by atoms with Crippen LogP contribution in [0, 0.1) is 5.41 Å². The topological polar surface area (TPSA) is 41.1 Å². The minimum absolute atomic E-state index is 0. The average Bonchev–Trinajstić information content (AvgIpc) is 2.24. The molecule has 0 aliphatic carbocycles. The van der Waals surface area contributed by atoms with Crippen molar-refractivity contribution >= 4 is 30.1 Å². The Labute approximate surface area is 115 Å². The van der Waals surface area contributed by atoms with Gasteiger partial charge in [0.2, 0.25) is 5.91 Å². The molecule has 0 radical (unpaired) electrons. The van der Waals surface area contributed by atoms with Gasteiger partial charge in [-0.05, 0) is 31.1 Å². The third-order valence-electron chi connectivity index (χ3n) is 3.37. The van der Waals surface area contributed by atoms with Crippen molar-refractivity contribution in [2.45, 2.75) is 39.2 Å². The number of hydrogen-bond acceptors (Lipinski definition) is 3. The maximum absolute atomic E-state index is 11.5. The number of piperidine rings is 1. The molecule has 1 atom stereocenters. The molecular formula is C12H25ClN2OS. The molecule has 0 aromatic heterocycles. The Morgan fingerprint density at radius 2 is 2.24 bits per heavy atom. The quantitative estimate of drug-likeness (QED) is 0.810. The molecule has 3 nitrogen and oxygen atoms in total. The molecule has 1 aliphatic heterocycles. The van der Waals surface area contributed by atoms with E-state index < -0.39 is 0 Å². The van der Waals surface area contributed by atoms with Gasteiger partial charge in [-0.1, -0.05) is 13.8 Å². The standard InChI is InChI=1S/C12H24N2OS.ClH/c1-12(2)6-4-7-13-10(12)9-14-11(15)5-8-16-3;/h10,13H,4-9H2,1-3H3,(H,14,15);1H. The third kappa shape index (κ3) is 5.98. The summed E-state index contributed by atoms with van der Waals surface area (Å²) < 4.78 is 0. The van der Waals surface area contributed by atoms with Gasteiger partial charge in [0.1, 0.15) is 0 Å². The zero-order valence-electron chi connectivity index (χ0n) is 11.0. The van der Waals surface area contributed by atoms with Crippen LogP contribution < -0.4 is 10.6 Å². The molecule has 0 bridgehead atoms. The number of carbonyl (C=O) groups excluding carboxylic acids is 1. The normalized spacial score (nSPS) is 22.6. The first-order chi connectivity index (χ1) is 7.56. The van der Waals surface area contributed by atoms with Crippen LogP contribution in [0.5, 0.6) is 0 Å². The van der Waals surface area contributed by atoms with E-state index in [1.54, 1.807) is 11.8 Å². The van der Waals surface area contributed by atoms with Crippen molar-refractivity contribution in [1.29, 1.82) is 0 Å². The molecule has 1 heterocycles. The fourth-order valence-electron chi connectivity index (χ4n) is 2.12. The van der Waals surface area contributed by atoms with E-state index in [0.717, 1.165) is 18.8 Å². The zero-order valence-corrected chi connectivity index (χ0v) is 12.7. The van der Waals surface area contributed by atoms with Gasteiger partial charge in [-0.15, -0.1) is 12.4 Å². The highest BCUT2D eigenvalue weighted by molar-refractivity contribution is 7.98. The van der Waals surface area contributed by atoms with Crippen LogP contribution >= 0.6 is 24.2 Å². The summed E-state index contributed by atoms with van der Waals surface area (Å²) in [4.78, 5) is 11.5. The van der Waals surface area contributed by atoms with Crippen LogP contribution in [0.2, 0.25) is 0 Å². The fraction of sp³-hybridized carbons (Fsp3) is 0.917.